The summed E-state index contributed by atoms with van der Waals surface area (Å²) in [5.41, 5.74) is 2.90. The van der Waals surface area contributed by atoms with Crippen LogP contribution < -0.4 is 5.32 Å². The van der Waals surface area contributed by atoms with E-state index in [2.05, 4.69) is 15.3 Å². The molecule has 5 aromatic rings. The van der Waals surface area contributed by atoms with Crippen LogP contribution in [0.1, 0.15) is 15.4 Å². The number of furan rings is 1. The number of carbonyl (C=O) groups excluding carboxylic acids is 1. The second kappa shape index (κ2) is 6.90. The van der Waals surface area contributed by atoms with Gasteiger partial charge in [-0.3, -0.25) is 4.79 Å². The number of fused-ring (bicyclic) bond motifs is 2. The highest BCUT2D eigenvalue weighted by Crippen LogP contribution is 2.26. The van der Waals surface area contributed by atoms with Crippen LogP contribution in [-0.4, -0.2) is 15.9 Å². The van der Waals surface area contributed by atoms with E-state index < -0.39 is 0 Å². The third-order valence-corrected chi connectivity index (χ3v) is 5.51. The number of amides is 1. The van der Waals surface area contributed by atoms with Crippen molar-refractivity contribution in [2.24, 2.45) is 0 Å². The molecule has 0 aliphatic carbocycles. The van der Waals surface area contributed by atoms with Gasteiger partial charge < -0.3 is 9.73 Å². The molecule has 0 saturated heterocycles. The smallest absolute Gasteiger partial charge is 0.252 e. The zero-order valence-electron chi connectivity index (χ0n) is 14.8. The molecule has 6 heteroatoms. The highest BCUT2D eigenvalue weighted by atomic mass is 32.1. The minimum absolute atomic E-state index is 0.161. The minimum Gasteiger partial charge on any atom is -0.463 e. The number of carbonyl (C=O) groups is 1. The van der Waals surface area contributed by atoms with Crippen LogP contribution in [0.15, 0.2) is 77.4 Å². The molecule has 0 bridgehead atoms. The second-order valence-electron chi connectivity index (χ2n) is 6.31. The summed E-state index contributed by atoms with van der Waals surface area (Å²) in [6, 6.07) is 21.0. The summed E-state index contributed by atoms with van der Waals surface area (Å²) in [5, 5.41) is 4.67. The van der Waals surface area contributed by atoms with Gasteiger partial charge in [-0.25, -0.2) is 9.97 Å². The van der Waals surface area contributed by atoms with Crippen molar-refractivity contribution in [2.75, 3.05) is 0 Å². The van der Waals surface area contributed by atoms with E-state index in [-0.39, 0.29) is 5.91 Å². The predicted octanol–water partition coefficient (Wildman–Crippen LogP) is 5.03. The lowest BCUT2D eigenvalue weighted by molar-refractivity contribution is 0.0952. The number of nitrogens with one attached hydrogen (secondary N) is 1. The Hall–Kier alpha value is -3.51. The number of hydrogen-bond acceptors (Lipinski definition) is 5. The van der Waals surface area contributed by atoms with E-state index >= 15 is 0 Å². The van der Waals surface area contributed by atoms with Crippen LogP contribution in [-0.2, 0) is 6.54 Å². The minimum atomic E-state index is -0.161. The molecule has 0 aliphatic rings. The third kappa shape index (κ3) is 3.04. The number of thiazole rings is 1. The molecule has 136 valence electrons. The molecule has 5 rings (SSSR count). The molecule has 2 aromatic carbocycles. The normalized spacial score (nSPS) is 11.1. The Morgan fingerprint density at radius 3 is 2.61 bits per heavy atom. The summed E-state index contributed by atoms with van der Waals surface area (Å²) >= 11 is 1.59. The standard InChI is InChI=1S/C22H15N3O2S/c26-22(23-13-21-25-17-8-3-4-10-20(17)28-21)15-12-18(19-9-5-11-27-19)24-16-7-2-1-6-14(15)16/h1-12H,13H2,(H,23,26). The summed E-state index contributed by atoms with van der Waals surface area (Å²) in [4.78, 5) is 22.2. The lowest BCUT2D eigenvalue weighted by Gasteiger charge is -2.09. The van der Waals surface area contributed by atoms with Crippen LogP contribution in [0.3, 0.4) is 0 Å². The Balaban J connectivity index is 1.48. The molecule has 3 heterocycles. The molecule has 3 aromatic heterocycles. The van der Waals surface area contributed by atoms with E-state index in [1.165, 1.54) is 0 Å². The zero-order chi connectivity index (χ0) is 18.9. The molecule has 0 saturated carbocycles. The fourth-order valence-corrected chi connectivity index (χ4v) is 4.07. The molecule has 28 heavy (non-hydrogen) atoms. The lowest BCUT2D eigenvalue weighted by atomic mass is 10.1. The van der Waals surface area contributed by atoms with Gasteiger partial charge in [0.2, 0.25) is 0 Å². The van der Waals surface area contributed by atoms with Crippen molar-refractivity contribution < 1.29 is 9.21 Å². The first-order valence-electron chi connectivity index (χ1n) is 8.84. The van der Waals surface area contributed by atoms with Gasteiger partial charge in [0.15, 0.2) is 5.76 Å². The van der Waals surface area contributed by atoms with Crippen LogP contribution in [0.25, 0.3) is 32.6 Å². The van der Waals surface area contributed by atoms with E-state index in [1.54, 1.807) is 29.7 Å². The summed E-state index contributed by atoms with van der Waals surface area (Å²) in [6.45, 7) is 0.380. The van der Waals surface area contributed by atoms with E-state index in [4.69, 9.17) is 4.42 Å². The van der Waals surface area contributed by atoms with Crippen LogP contribution in [0.4, 0.5) is 0 Å². The van der Waals surface area contributed by atoms with Crippen molar-refractivity contribution >= 4 is 38.4 Å². The number of benzene rings is 2. The maximum Gasteiger partial charge on any atom is 0.252 e. The Morgan fingerprint density at radius 2 is 1.79 bits per heavy atom. The van der Waals surface area contributed by atoms with E-state index in [0.717, 1.165) is 26.1 Å². The van der Waals surface area contributed by atoms with Crippen molar-refractivity contribution in [2.45, 2.75) is 6.54 Å². The van der Waals surface area contributed by atoms with E-state index in [9.17, 15) is 4.79 Å². The average Bonchev–Trinajstić information content (AvgIpc) is 3.40. The maximum atomic E-state index is 13.0. The van der Waals surface area contributed by atoms with Crippen molar-refractivity contribution in [3.63, 3.8) is 0 Å². The second-order valence-corrected chi connectivity index (χ2v) is 7.42. The molecule has 5 nitrogen and oxygen atoms in total. The highest BCUT2D eigenvalue weighted by molar-refractivity contribution is 7.18. The zero-order valence-corrected chi connectivity index (χ0v) is 15.6. The first-order valence-corrected chi connectivity index (χ1v) is 9.66. The first-order chi connectivity index (χ1) is 13.8. The molecule has 0 atom stereocenters. The third-order valence-electron chi connectivity index (χ3n) is 4.47. The van der Waals surface area contributed by atoms with Crippen molar-refractivity contribution in [1.82, 2.24) is 15.3 Å². The van der Waals surface area contributed by atoms with Crippen LogP contribution >= 0.6 is 11.3 Å². The number of para-hydroxylation sites is 2. The van der Waals surface area contributed by atoms with Gasteiger partial charge in [-0.1, -0.05) is 30.3 Å². The monoisotopic (exact) mass is 385 g/mol. The summed E-state index contributed by atoms with van der Waals surface area (Å²) in [6.07, 6.45) is 1.60. The Labute approximate surface area is 164 Å². The van der Waals surface area contributed by atoms with Gasteiger partial charge in [0.05, 0.1) is 34.1 Å². The highest BCUT2D eigenvalue weighted by Gasteiger charge is 2.15. The molecule has 0 fully saturated rings. The Morgan fingerprint density at radius 1 is 0.964 bits per heavy atom. The van der Waals surface area contributed by atoms with Crippen molar-refractivity contribution in [1.29, 1.82) is 0 Å². The summed E-state index contributed by atoms with van der Waals surface area (Å²) in [7, 11) is 0. The van der Waals surface area contributed by atoms with Gasteiger partial charge in [0, 0.05) is 5.39 Å². The Kier molecular flexibility index (Phi) is 4.10. The molecule has 0 unspecified atom stereocenters. The van der Waals surface area contributed by atoms with Gasteiger partial charge >= 0.3 is 0 Å². The summed E-state index contributed by atoms with van der Waals surface area (Å²) < 4.78 is 6.58. The van der Waals surface area contributed by atoms with E-state index in [0.29, 0.717) is 23.6 Å². The van der Waals surface area contributed by atoms with Gasteiger partial charge in [0.25, 0.3) is 5.91 Å². The summed E-state index contributed by atoms with van der Waals surface area (Å²) in [5.74, 6) is 0.469. The van der Waals surface area contributed by atoms with Gasteiger partial charge in [0.1, 0.15) is 10.7 Å². The maximum absolute atomic E-state index is 13.0. The topological polar surface area (TPSA) is 68.0 Å². The number of aromatic nitrogens is 2. The molecular formula is C22H15N3O2S. The molecule has 0 radical (unpaired) electrons. The fourth-order valence-electron chi connectivity index (χ4n) is 3.16. The molecule has 0 aliphatic heterocycles. The lowest BCUT2D eigenvalue weighted by Crippen LogP contribution is -2.23. The SMILES string of the molecule is O=C(NCc1nc2ccccc2s1)c1cc(-c2ccco2)nc2ccccc12. The molecular weight excluding hydrogens is 370 g/mol. The van der Waals surface area contributed by atoms with E-state index in [1.807, 2.05) is 54.6 Å². The van der Waals surface area contributed by atoms with Gasteiger partial charge in [-0.05, 0) is 36.4 Å². The number of pyridine rings is 1. The van der Waals surface area contributed by atoms with Crippen LogP contribution in [0, 0.1) is 0 Å². The number of nitrogens with zero attached hydrogens (tertiary/aromatic N) is 2. The van der Waals surface area contributed by atoms with Gasteiger partial charge in [-0.15, -0.1) is 11.3 Å². The first kappa shape index (κ1) is 16.6. The predicted molar refractivity (Wildman–Crippen MR) is 110 cm³/mol. The average molecular weight is 385 g/mol. The largest absolute Gasteiger partial charge is 0.463 e. The quantitative estimate of drug-likeness (QED) is 0.471. The molecule has 0 spiro atoms. The number of rotatable bonds is 4. The van der Waals surface area contributed by atoms with Crippen molar-refractivity contribution in [3.05, 3.63) is 83.6 Å². The van der Waals surface area contributed by atoms with Crippen molar-refractivity contribution in [3.8, 4) is 11.5 Å². The molecule has 1 N–H and O–H groups in total. The van der Waals surface area contributed by atoms with Gasteiger partial charge in [-0.2, -0.15) is 0 Å². The Bertz CT molecular complexity index is 1260. The fraction of sp³-hybridized carbons (Fsp3) is 0.0455. The molecule has 1 amide bonds. The number of hydrogen-bond donors (Lipinski definition) is 1. The van der Waals surface area contributed by atoms with Crippen LogP contribution in [0.2, 0.25) is 0 Å². The van der Waals surface area contributed by atoms with Crippen LogP contribution in [0.5, 0.6) is 0 Å².